The fourth-order valence-corrected chi connectivity index (χ4v) is 5.75. The highest BCUT2D eigenvalue weighted by Gasteiger charge is 2.27. The maximum Gasteiger partial charge on any atom is 0.472 e. The number of hydrogen-bond donors (Lipinski definition) is 1. The first-order chi connectivity index (χ1) is 22.5. The number of allylic oxidation sites excluding steroid dienone is 2. The molecule has 2 atom stereocenters. The number of carbonyl (C=O) groups excluding carboxylic acids is 2. The van der Waals surface area contributed by atoms with Gasteiger partial charge in [-0.05, 0) is 38.5 Å². The monoisotopic (exact) mass is 691 g/mol. The van der Waals surface area contributed by atoms with Crippen molar-refractivity contribution in [2.75, 3.05) is 47.5 Å². The van der Waals surface area contributed by atoms with Gasteiger partial charge in [0.1, 0.15) is 19.8 Å². The fraction of sp³-hybridized carbons (Fsp3) is 0.892. The summed E-state index contributed by atoms with van der Waals surface area (Å²) in [7, 11) is 1.47. The van der Waals surface area contributed by atoms with E-state index in [1.54, 1.807) is 0 Å². The smallest absolute Gasteiger partial charge is 0.462 e. The van der Waals surface area contributed by atoms with E-state index in [2.05, 4.69) is 26.0 Å². The molecule has 47 heavy (non-hydrogen) atoms. The molecule has 0 aromatic carbocycles. The van der Waals surface area contributed by atoms with Crippen LogP contribution in [-0.2, 0) is 32.7 Å². The Kier molecular flexibility index (Phi) is 30.0. The molecule has 0 bridgehead atoms. The second-order valence-electron chi connectivity index (χ2n) is 14.0. The van der Waals surface area contributed by atoms with E-state index >= 15 is 0 Å². The van der Waals surface area contributed by atoms with Gasteiger partial charge in [0, 0.05) is 12.8 Å². The molecular weight excluding hydrogens is 617 g/mol. The Morgan fingerprint density at radius 3 is 1.62 bits per heavy atom. The Morgan fingerprint density at radius 2 is 1.09 bits per heavy atom. The van der Waals surface area contributed by atoms with E-state index in [9.17, 15) is 19.0 Å². The zero-order valence-electron chi connectivity index (χ0n) is 31.0. The van der Waals surface area contributed by atoms with Gasteiger partial charge in [0.25, 0.3) is 0 Å². The highest BCUT2D eigenvalue weighted by molar-refractivity contribution is 7.47. The van der Waals surface area contributed by atoms with Crippen LogP contribution in [0.25, 0.3) is 0 Å². The summed E-state index contributed by atoms with van der Waals surface area (Å²) in [5.74, 6) is -0.826. The number of phosphoric acid groups is 1. The van der Waals surface area contributed by atoms with Crippen LogP contribution in [0.5, 0.6) is 0 Å². The largest absolute Gasteiger partial charge is 0.472 e. The topological polar surface area (TPSA) is 108 Å². The third-order valence-corrected chi connectivity index (χ3v) is 9.03. The number of unbranched alkanes of at least 4 members (excludes halogenated alkanes) is 18. The number of rotatable bonds is 34. The molecule has 0 heterocycles. The number of ether oxygens (including phenoxy) is 2. The van der Waals surface area contributed by atoms with Crippen molar-refractivity contribution in [2.45, 2.75) is 168 Å². The Hall–Kier alpha value is -1.25. The SMILES string of the molecule is CCCCCCCCCCC/C=C/CCCCC(=O)O[C@H](COC(=O)CCCCCCCCCC)COP(=O)(O)OCC[N+](C)(C)C. The summed E-state index contributed by atoms with van der Waals surface area (Å²) >= 11 is 0. The molecule has 0 amide bonds. The summed E-state index contributed by atoms with van der Waals surface area (Å²) in [5.41, 5.74) is 0. The zero-order valence-corrected chi connectivity index (χ0v) is 31.9. The molecule has 0 radical (unpaired) electrons. The quantitative estimate of drug-likeness (QED) is 0.0234. The molecule has 0 aliphatic heterocycles. The molecule has 1 unspecified atom stereocenters. The first-order valence-corrected chi connectivity index (χ1v) is 20.4. The molecule has 9 nitrogen and oxygen atoms in total. The van der Waals surface area contributed by atoms with Crippen molar-refractivity contribution < 1.29 is 42.1 Å². The molecule has 0 saturated carbocycles. The normalized spacial score (nSPS) is 13.9. The van der Waals surface area contributed by atoms with Gasteiger partial charge in [-0.25, -0.2) is 4.57 Å². The summed E-state index contributed by atoms with van der Waals surface area (Å²) in [6.45, 7) is 4.35. The van der Waals surface area contributed by atoms with Gasteiger partial charge in [-0.1, -0.05) is 122 Å². The minimum absolute atomic E-state index is 0.0307. The number of quaternary nitrogens is 1. The molecule has 0 saturated heterocycles. The Balaban J connectivity index is 4.44. The van der Waals surface area contributed by atoms with Gasteiger partial charge in [0.2, 0.25) is 0 Å². The number of likely N-dealkylation sites (N-methyl/N-ethyl adjacent to an activating group) is 1. The van der Waals surface area contributed by atoms with Gasteiger partial charge in [-0.15, -0.1) is 0 Å². The van der Waals surface area contributed by atoms with Gasteiger partial charge in [-0.2, -0.15) is 0 Å². The summed E-state index contributed by atoms with van der Waals surface area (Å²) in [5, 5.41) is 0. The highest BCUT2D eigenvalue weighted by Crippen LogP contribution is 2.43. The van der Waals surface area contributed by atoms with Crippen LogP contribution in [0.2, 0.25) is 0 Å². The van der Waals surface area contributed by atoms with Crippen molar-refractivity contribution in [1.82, 2.24) is 0 Å². The lowest BCUT2D eigenvalue weighted by Crippen LogP contribution is -2.37. The van der Waals surface area contributed by atoms with Crippen LogP contribution in [-0.4, -0.2) is 74.9 Å². The van der Waals surface area contributed by atoms with Gasteiger partial charge < -0.3 is 18.9 Å². The summed E-state index contributed by atoms with van der Waals surface area (Å²) in [6, 6.07) is 0. The number of hydrogen-bond acceptors (Lipinski definition) is 7. The maximum atomic E-state index is 12.6. The third kappa shape index (κ3) is 34.4. The minimum Gasteiger partial charge on any atom is -0.462 e. The summed E-state index contributed by atoms with van der Waals surface area (Å²) < 4.78 is 34.0. The van der Waals surface area contributed by atoms with Gasteiger partial charge in [0.05, 0.1) is 27.7 Å². The lowest BCUT2D eigenvalue weighted by molar-refractivity contribution is -0.870. The van der Waals surface area contributed by atoms with Gasteiger partial charge in [0.15, 0.2) is 6.10 Å². The molecule has 0 aromatic heterocycles. The van der Waals surface area contributed by atoms with Crippen molar-refractivity contribution >= 4 is 19.8 Å². The van der Waals surface area contributed by atoms with Crippen molar-refractivity contribution in [3.8, 4) is 0 Å². The minimum atomic E-state index is -4.36. The van der Waals surface area contributed by atoms with E-state index in [1.165, 1.54) is 89.9 Å². The third-order valence-electron chi connectivity index (χ3n) is 8.05. The lowest BCUT2D eigenvalue weighted by Gasteiger charge is -2.24. The Morgan fingerprint density at radius 1 is 0.638 bits per heavy atom. The second kappa shape index (κ2) is 30.8. The van der Waals surface area contributed by atoms with Gasteiger partial charge in [-0.3, -0.25) is 18.6 Å². The lowest BCUT2D eigenvalue weighted by atomic mass is 10.1. The van der Waals surface area contributed by atoms with Crippen molar-refractivity contribution in [3.05, 3.63) is 12.2 Å². The average molecular weight is 691 g/mol. The standard InChI is InChI=1S/C37H72NO8P/c1-6-8-10-12-14-16-17-18-19-20-21-22-24-26-28-30-37(40)46-35(34-45-47(41,42)44-32-31-38(3,4)5)33-43-36(39)29-27-25-23-15-13-11-9-7-2/h21-22,35H,6-20,23-34H2,1-5H3/p+1/b22-21+/t35-/m1/s1. The number of nitrogens with zero attached hydrogens (tertiary/aromatic N) is 1. The van der Waals surface area contributed by atoms with E-state index in [0.717, 1.165) is 38.5 Å². The maximum absolute atomic E-state index is 12.6. The Bertz CT molecular complexity index is 830. The molecule has 0 fully saturated rings. The number of phosphoric ester groups is 1. The van der Waals surface area contributed by atoms with Crippen LogP contribution in [0.3, 0.4) is 0 Å². The van der Waals surface area contributed by atoms with Crippen LogP contribution < -0.4 is 0 Å². The van der Waals surface area contributed by atoms with E-state index < -0.39 is 26.5 Å². The molecule has 0 spiro atoms. The molecule has 0 aliphatic carbocycles. The van der Waals surface area contributed by atoms with Crippen LogP contribution in [0.15, 0.2) is 12.2 Å². The van der Waals surface area contributed by atoms with Crippen molar-refractivity contribution in [1.29, 1.82) is 0 Å². The molecule has 0 rings (SSSR count). The summed E-state index contributed by atoms with van der Waals surface area (Å²) in [4.78, 5) is 35.0. The van der Waals surface area contributed by atoms with E-state index in [4.69, 9.17) is 18.5 Å². The average Bonchev–Trinajstić information content (AvgIpc) is 3.01. The molecule has 278 valence electrons. The second-order valence-corrected chi connectivity index (χ2v) is 15.4. The van der Waals surface area contributed by atoms with E-state index in [0.29, 0.717) is 17.4 Å². The fourth-order valence-electron chi connectivity index (χ4n) is 5.01. The predicted molar refractivity (Wildman–Crippen MR) is 192 cm³/mol. The molecular formula is C37H73NO8P+. The van der Waals surface area contributed by atoms with Crippen LogP contribution in [0, 0.1) is 0 Å². The van der Waals surface area contributed by atoms with E-state index in [1.807, 2.05) is 21.1 Å². The first-order valence-electron chi connectivity index (χ1n) is 18.9. The molecule has 0 aromatic rings. The highest BCUT2D eigenvalue weighted by atomic mass is 31.2. The number of carbonyl (C=O) groups is 2. The summed E-state index contributed by atoms with van der Waals surface area (Å²) in [6.07, 6.45) is 28.4. The predicted octanol–water partition coefficient (Wildman–Crippen LogP) is 9.85. The molecule has 1 N–H and O–H groups in total. The Labute approximate surface area is 288 Å². The van der Waals surface area contributed by atoms with Crippen molar-refractivity contribution in [2.24, 2.45) is 0 Å². The van der Waals surface area contributed by atoms with Crippen LogP contribution in [0.1, 0.15) is 162 Å². The van der Waals surface area contributed by atoms with Crippen LogP contribution in [0.4, 0.5) is 0 Å². The molecule has 10 heteroatoms. The first kappa shape index (κ1) is 45.8. The van der Waals surface area contributed by atoms with Crippen LogP contribution >= 0.6 is 7.82 Å². The van der Waals surface area contributed by atoms with Crippen molar-refractivity contribution in [3.63, 3.8) is 0 Å². The zero-order chi connectivity index (χ0) is 35.1. The van der Waals surface area contributed by atoms with Gasteiger partial charge >= 0.3 is 19.8 Å². The molecule has 0 aliphatic rings. The van der Waals surface area contributed by atoms with E-state index in [-0.39, 0.29) is 32.0 Å². The number of esters is 2.